The highest BCUT2D eigenvalue weighted by Crippen LogP contribution is 2.27. The van der Waals surface area contributed by atoms with Gasteiger partial charge >= 0.3 is 0 Å². The number of rotatable bonds is 5. The van der Waals surface area contributed by atoms with Gasteiger partial charge in [-0.25, -0.2) is 4.39 Å². The molecule has 0 atom stereocenters. The van der Waals surface area contributed by atoms with Crippen LogP contribution in [0.25, 0.3) is 10.9 Å². The van der Waals surface area contributed by atoms with Crippen molar-refractivity contribution < 1.29 is 14.0 Å². The van der Waals surface area contributed by atoms with E-state index in [1.807, 2.05) is 30.5 Å². The molecule has 2 aromatic carbocycles. The van der Waals surface area contributed by atoms with E-state index in [1.54, 1.807) is 0 Å². The molecule has 150 valence electrons. The highest BCUT2D eigenvalue weighted by atomic mass is 19.1. The standard InChI is InChI=1S/C23H24FN3O2/c24-19-11-10-17(13-21(19)27-23(29)15-6-2-1-3-7-15)26-22(28)12-16-14-25-20-9-5-4-8-18(16)20/h4-5,8-11,13-15,25H,1-3,6-7,12H2,(H,26,28)(H,27,29). The molecule has 1 aromatic heterocycles. The summed E-state index contributed by atoms with van der Waals surface area (Å²) < 4.78 is 14.2. The van der Waals surface area contributed by atoms with Crippen LogP contribution in [0.5, 0.6) is 0 Å². The highest BCUT2D eigenvalue weighted by molar-refractivity contribution is 5.97. The molecule has 1 fully saturated rings. The van der Waals surface area contributed by atoms with Crippen molar-refractivity contribution in [2.75, 3.05) is 10.6 Å². The third-order valence-corrected chi connectivity index (χ3v) is 5.51. The molecule has 0 radical (unpaired) electrons. The fourth-order valence-corrected chi connectivity index (χ4v) is 3.95. The third-order valence-electron chi connectivity index (χ3n) is 5.51. The second-order valence-corrected chi connectivity index (χ2v) is 7.60. The smallest absolute Gasteiger partial charge is 0.228 e. The number of fused-ring (bicyclic) bond motifs is 1. The van der Waals surface area contributed by atoms with Crippen LogP contribution in [0.15, 0.2) is 48.7 Å². The molecule has 3 N–H and O–H groups in total. The van der Waals surface area contributed by atoms with Gasteiger partial charge < -0.3 is 15.6 Å². The maximum Gasteiger partial charge on any atom is 0.228 e. The van der Waals surface area contributed by atoms with E-state index in [1.165, 1.54) is 18.2 Å². The van der Waals surface area contributed by atoms with Crippen molar-refractivity contribution in [3.63, 3.8) is 0 Å². The van der Waals surface area contributed by atoms with E-state index < -0.39 is 5.82 Å². The number of hydrogen-bond acceptors (Lipinski definition) is 2. The van der Waals surface area contributed by atoms with Gasteiger partial charge in [-0.1, -0.05) is 37.5 Å². The lowest BCUT2D eigenvalue weighted by Gasteiger charge is -2.21. The Kier molecular flexibility index (Phi) is 5.60. The van der Waals surface area contributed by atoms with Gasteiger partial charge in [0, 0.05) is 28.7 Å². The predicted octanol–water partition coefficient (Wildman–Crippen LogP) is 5.01. The Balaban J connectivity index is 1.42. The van der Waals surface area contributed by atoms with E-state index >= 15 is 0 Å². The quantitative estimate of drug-likeness (QED) is 0.570. The fraction of sp³-hybridized carbons (Fsp3) is 0.304. The molecule has 1 heterocycles. The Hall–Kier alpha value is -3.15. The normalized spacial score (nSPS) is 14.7. The molecule has 3 aromatic rings. The van der Waals surface area contributed by atoms with E-state index in [9.17, 15) is 14.0 Å². The molecule has 0 aliphatic heterocycles. The van der Waals surface area contributed by atoms with Crippen LogP contribution < -0.4 is 10.6 Å². The zero-order valence-electron chi connectivity index (χ0n) is 16.1. The van der Waals surface area contributed by atoms with Crippen LogP contribution in [0.4, 0.5) is 15.8 Å². The van der Waals surface area contributed by atoms with Gasteiger partial charge in [0.05, 0.1) is 12.1 Å². The number of aromatic nitrogens is 1. The van der Waals surface area contributed by atoms with E-state index in [0.717, 1.165) is 48.6 Å². The van der Waals surface area contributed by atoms with Crippen molar-refractivity contribution in [2.45, 2.75) is 38.5 Å². The first-order valence-corrected chi connectivity index (χ1v) is 10.1. The lowest BCUT2D eigenvalue weighted by molar-refractivity contribution is -0.120. The van der Waals surface area contributed by atoms with Gasteiger partial charge in [-0.2, -0.15) is 0 Å². The number of carbonyl (C=O) groups is 2. The zero-order chi connectivity index (χ0) is 20.2. The molecular formula is C23H24FN3O2. The Morgan fingerprint density at radius 2 is 1.83 bits per heavy atom. The average Bonchev–Trinajstić information content (AvgIpc) is 3.14. The number of para-hydroxylation sites is 1. The first kappa shape index (κ1) is 19.2. The van der Waals surface area contributed by atoms with Gasteiger partial charge in [-0.15, -0.1) is 0 Å². The Morgan fingerprint density at radius 3 is 2.66 bits per heavy atom. The first-order chi connectivity index (χ1) is 14.1. The van der Waals surface area contributed by atoms with E-state index in [4.69, 9.17) is 0 Å². The van der Waals surface area contributed by atoms with Gasteiger partial charge in [-0.3, -0.25) is 9.59 Å². The average molecular weight is 393 g/mol. The lowest BCUT2D eigenvalue weighted by Crippen LogP contribution is -2.25. The SMILES string of the molecule is O=C(Cc1c[nH]c2ccccc12)Nc1ccc(F)c(NC(=O)C2CCCCC2)c1. The van der Waals surface area contributed by atoms with Crippen LogP contribution in [0, 0.1) is 11.7 Å². The molecule has 4 rings (SSSR count). The maximum absolute atomic E-state index is 14.2. The zero-order valence-corrected chi connectivity index (χ0v) is 16.1. The summed E-state index contributed by atoms with van der Waals surface area (Å²) in [5.41, 5.74) is 2.43. The summed E-state index contributed by atoms with van der Waals surface area (Å²) in [4.78, 5) is 28.1. The van der Waals surface area contributed by atoms with E-state index in [-0.39, 0.29) is 29.8 Å². The van der Waals surface area contributed by atoms with E-state index in [2.05, 4.69) is 15.6 Å². The summed E-state index contributed by atoms with van der Waals surface area (Å²) in [6.45, 7) is 0. The van der Waals surface area contributed by atoms with Gasteiger partial charge in [0.2, 0.25) is 11.8 Å². The molecule has 0 saturated heterocycles. The maximum atomic E-state index is 14.2. The molecule has 2 amide bonds. The van der Waals surface area contributed by atoms with Crippen LogP contribution in [-0.4, -0.2) is 16.8 Å². The summed E-state index contributed by atoms with van der Waals surface area (Å²) in [6, 6.07) is 12.0. The second kappa shape index (κ2) is 8.47. The van der Waals surface area contributed by atoms with Gasteiger partial charge in [-0.05, 0) is 42.7 Å². The number of aromatic amines is 1. The van der Waals surface area contributed by atoms with Crippen LogP contribution in [0.3, 0.4) is 0 Å². The summed E-state index contributed by atoms with van der Waals surface area (Å²) >= 11 is 0. The molecule has 29 heavy (non-hydrogen) atoms. The molecule has 6 heteroatoms. The van der Waals surface area contributed by atoms with Crippen LogP contribution in [0.1, 0.15) is 37.7 Å². The van der Waals surface area contributed by atoms with Gasteiger partial charge in [0.15, 0.2) is 0 Å². The monoisotopic (exact) mass is 393 g/mol. The molecule has 0 unspecified atom stereocenters. The van der Waals surface area contributed by atoms with Crippen molar-refractivity contribution >= 4 is 34.1 Å². The topological polar surface area (TPSA) is 74.0 Å². The van der Waals surface area contributed by atoms with Crippen LogP contribution >= 0.6 is 0 Å². The number of nitrogens with one attached hydrogen (secondary N) is 3. The summed E-state index contributed by atoms with van der Waals surface area (Å²) in [7, 11) is 0. The summed E-state index contributed by atoms with van der Waals surface area (Å²) in [5.74, 6) is -0.927. The Morgan fingerprint density at radius 1 is 1.03 bits per heavy atom. The van der Waals surface area contributed by atoms with E-state index in [0.29, 0.717) is 5.69 Å². The second-order valence-electron chi connectivity index (χ2n) is 7.60. The molecule has 1 aliphatic carbocycles. The van der Waals surface area contributed by atoms with Crippen molar-refractivity contribution in [2.24, 2.45) is 5.92 Å². The first-order valence-electron chi connectivity index (χ1n) is 10.1. The highest BCUT2D eigenvalue weighted by Gasteiger charge is 2.22. The Bertz CT molecular complexity index is 1040. The lowest BCUT2D eigenvalue weighted by atomic mass is 9.88. The minimum atomic E-state index is -0.510. The van der Waals surface area contributed by atoms with Gasteiger partial charge in [0.25, 0.3) is 0 Å². The van der Waals surface area contributed by atoms with Crippen molar-refractivity contribution in [3.8, 4) is 0 Å². The molecule has 0 spiro atoms. The molecule has 1 aliphatic rings. The third kappa shape index (κ3) is 4.47. The number of amides is 2. The number of anilines is 2. The summed E-state index contributed by atoms with van der Waals surface area (Å²) in [6.07, 6.45) is 6.92. The van der Waals surface area contributed by atoms with Crippen molar-refractivity contribution in [1.82, 2.24) is 4.98 Å². The number of halogens is 1. The fourth-order valence-electron chi connectivity index (χ4n) is 3.95. The number of carbonyl (C=O) groups excluding carboxylic acids is 2. The summed E-state index contributed by atoms with van der Waals surface area (Å²) in [5, 5.41) is 6.49. The largest absolute Gasteiger partial charge is 0.361 e. The van der Waals surface area contributed by atoms with Crippen LogP contribution in [-0.2, 0) is 16.0 Å². The number of benzene rings is 2. The molecule has 5 nitrogen and oxygen atoms in total. The minimum absolute atomic E-state index is 0.0664. The number of H-pyrrole nitrogens is 1. The molecule has 1 saturated carbocycles. The van der Waals surface area contributed by atoms with Gasteiger partial charge in [0.1, 0.15) is 5.82 Å². The molecular weight excluding hydrogens is 369 g/mol. The minimum Gasteiger partial charge on any atom is -0.361 e. The van der Waals surface area contributed by atoms with Crippen molar-refractivity contribution in [1.29, 1.82) is 0 Å². The van der Waals surface area contributed by atoms with Crippen molar-refractivity contribution in [3.05, 3.63) is 60.0 Å². The number of hydrogen-bond donors (Lipinski definition) is 3. The Labute approximate surface area is 168 Å². The molecule has 0 bridgehead atoms. The van der Waals surface area contributed by atoms with Crippen LogP contribution in [0.2, 0.25) is 0 Å². The predicted molar refractivity (Wildman–Crippen MR) is 112 cm³/mol.